The zero-order chi connectivity index (χ0) is 35.9. The van der Waals surface area contributed by atoms with Crippen molar-refractivity contribution in [1.82, 2.24) is 5.32 Å². The Morgan fingerprint density at radius 1 is 1.12 bits per heavy atom. The number of hydrogen-bond acceptors (Lipinski definition) is 9. The monoisotopic (exact) mass is 675 g/mol. The highest BCUT2D eigenvalue weighted by molar-refractivity contribution is 5.77. The maximum absolute atomic E-state index is 13.8. The Labute approximate surface area is 287 Å². The van der Waals surface area contributed by atoms with Crippen LogP contribution in [0.25, 0.3) is 0 Å². The molecule has 5 aliphatic rings. The van der Waals surface area contributed by atoms with Gasteiger partial charge in [0.25, 0.3) is 0 Å². The van der Waals surface area contributed by atoms with Crippen LogP contribution in [0, 0.1) is 39.9 Å². The number of carbonyl (C=O) groups is 2. The summed E-state index contributed by atoms with van der Waals surface area (Å²) in [4.78, 5) is 26.5. The van der Waals surface area contributed by atoms with Crippen molar-refractivity contribution in [2.75, 3.05) is 6.61 Å². The Balaban J connectivity index is 1.54. The first kappa shape index (κ1) is 37.3. The minimum atomic E-state index is -1.61. The van der Waals surface area contributed by atoms with Gasteiger partial charge in [0, 0.05) is 35.0 Å². The van der Waals surface area contributed by atoms with E-state index in [2.05, 4.69) is 39.6 Å². The van der Waals surface area contributed by atoms with E-state index in [-0.39, 0.29) is 52.8 Å². The molecule has 13 atom stereocenters. The van der Waals surface area contributed by atoms with Crippen molar-refractivity contribution in [3.05, 3.63) is 23.8 Å². The quantitative estimate of drug-likeness (QED) is 0.219. The van der Waals surface area contributed by atoms with Crippen molar-refractivity contribution < 1.29 is 43.5 Å². The lowest BCUT2D eigenvalue weighted by Gasteiger charge is -2.68. The average molecular weight is 676 g/mol. The number of ether oxygens (including phenoxy) is 5. The lowest BCUT2D eigenvalue weighted by molar-refractivity contribution is -0.370. The molecule has 2 unspecified atom stereocenters. The largest absolute Gasteiger partial charge is 0.456 e. The Morgan fingerprint density at radius 2 is 1.77 bits per heavy atom. The molecule has 2 aliphatic heterocycles. The molecule has 0 aromatic carbocycles. The van der Waals surface area contributed by atoms with Crippen molar-refractivity contribution in [2.45, 2.75) is 156 Å². The van der Waals surface area contributed by atoms with Gasteiger partial charge in [0.1, 0.15) is 11.7 Å². The van der Waals surface area contributed by atoms with Crippen LogP contribution in [0.5, 0.6) is 0 Å². The Morgan fingerprint density at radius 3 is 2.29 bits per heavy atom. The summed E-state index contributed by atoms with van der Waals surface area (Å²) < 4.78 is 31.2. The number of carbonyl (C=O) groups excluding carboxylic acids is 2. The molecule has 2 heterocycles. The number of aliphatic hydroxyl groups excluding tert-OH is 1. The van der Waals surface area contributed by atoms with Crippen LogP contribution in [0.1, 0.15) is 102 Å². The summed E-state index contributed by atoms with van der Waals surface area (Å²) in [6, 6.07) is -0.907. The predicted molar refractivity (Wildman–Crippen MR) is 181 cm³/mol. The number of hydrogen-bond donors (Lipinski definition) is 3. The first-order valence-electron chi connectivity index (χ1n) is 17.9. The fourth-order valence-corrected chi connectivity index (χ4v) is 11.0. The number of rotatable bonds is 8. The van der Waals surface area contributed by atoms with Gasteiger partial charge in [-0.2, -0.15) is 0 Å². The van der Waals surface area contributed by atoms with Crippen LogP contribution in [0.3, 0.4) is 0 Å². The van der Waals surface area contributed by atoms with Gasteiger partial charge >= 0.3 is 12.1 Å². The van der Waals surface area contributed by atoms with E-state index in [1.807, 2.05) is 34.6 Å². The molecule has 0 bridgehead atoms. The second-order valence-electron chi connectivity index (χ2n) is 17.8. The number of esters is 1. The number of aliphatic hydroxyl groups is 2. The van der Waals surface area contributed by atoms with Gasteiger partial charge in [0.2, 0.25) is 0 Å². The van der Waals surface area contributed by atoms with Crippen molar-refractivity contribution in [3.8, 4) is 0 Å². The van der Waals surface area contributed by atoms with Crippen LogP contribution in [-0.4, -0.2) is 82.9 Å². The average Bonchev–Trinajstić information content (AvgIpc) is 3.22. The maximum Gasteiger partial charge on any atom is 0.407 e. The van der Waals surface area contributed by atoms with Gasteiger partial charge in [-0.25, -0.2) is 9.59 Å². The fraction of sp³-hybridized carbons (Fsp3) is 0.842. The molecule has 0 radical (unpaired) electrons. The third kappa shape index (κ3) is 5.75. The van der Waals surface area contributed by atoms with Gasteiger partial charge in [0.15, 0.2) is 12.4 Å². The van der Waals surface area contributed by atoms with Gasteiger partial charge in [-0.3, -0.25) is 0 Å². The van der Waals surface area contributed by atoms with E-state index in [0.717, 1.165) is 17.6 Å². The minimum Gasteiger partial charge on any atom is -0.456 e. The van der Waals surface area contributed by atoms with Crippen LogP contribution in [0.2, 0.25) is 0 Å². The fourth-order valence-electron chi connectivity index (χ4n) is 11.0. The van der Waals surface area contributed by atoms with Gasteiger partial charge in [-0.05, 0) is 77.4 Å². The van der Waals surface area contributed by atoms with Crippen molar-refractivity contribution in [3.63, 3.8) is 0 Å². The molecule has 0 aromatic rings. The molecule has 0 aromatic heterocycles. The van der Waals surface area contributed by atoms with Crippen LogP contribution < -0.4 is 5.32 Å². The molecule has 10 heteroatoms. The molecule has 1 amide bonds. The molecular weight excluding hydrogens is 614 g/mol. The highest BCUT2D eigenvalue weighted by Gasteiger charge is 2.75. The first-order chi connectivity index (χ1) is 22.0. The van der Waals surface area contributed by atoms with E-state index >= 15 is 0 Å². The van der Waals surface area contributed by atoms with Crippen LogP contribution in [0.4, 0.5) is 4.79 Å². The lowest BCUT2D eigenvalue weighted by Crippen LogP contribution is -2.73. The van der Waals surface area contributed by atoms with Crippen LogP contribution in [0.15, 0.2) is 23.8 Å². The summed E-state index contributed by atoms with van der Waals surface area (Å²) in [7, 11) is 0. The van der Waals surface area contributed by atoms with Crippen molar-refractivity contribution >= 4 is 12.1 Å². The standard InChI is InChI=1S/C38H61NO9/c1-14-27-46-26-16-25-36(12,18-44-25)30-22(6)38(35(10,11)43)17-24(20(4)28(38)21(5)31(47-27)37(26,30)13)45-32(41)29(40)23(15-19(2)3)39-33(42)48-34(7,8)9/h14,19,21-27,29-31,40,43H,1,15-18H2,2-13H3,(H,39,42)/t21-,22-,23-,24-,25+,26-,27?,29?,30+,31-,36+,37+,38+/m0/s1. The SMILES string of the molecule is C=CC1O[C@H]2C[C@H]3OC[C@@]3(C)[C@H]3[C@H](C)[C@]4(C(C)(C)O)C[C@H](OC(=O)C(O)[C@H](CC(C)C)NC(=O)OC(C)(C)C)C(C)=C4[C@H](C)[C@H](O1)[C@]23C. The number of alkyl carbamates (subject to hydrolysis) is 1. The normalized spacial score (nSPS) is 42.0. The zero-order valence-electron chi connectivity index (χ0n) is 31.2. The minimum absolute atomic E-state index is 0.0218. The van der Waals surface area contributed by atoms with E-state index < -0.39 is 53.2 Å². The summed E-state index contributed by atoms with van der Waals surface area (Å²) in [6.45, 7) is 28.5. The molecule has 272 valence electrons. The van der Waals surface area contributed by atoms with E-state index in [0.29, 0.717) is 19.4 Å². The second-order valence-corrected chi connectivity index (χ2v) is 17.8. The number of fused-ring (bicyclic) bond motifs is 3. The van der Waals surface area contributed by atoms with Gasteiger partial charge < -0.3 is 39.2 Å². The molecule has 5 rings (SSSR count). The van der Waals surface area contributed by atoms with E-state index in [1.54, 1.807) is 26.8 Å². The second kappa shape index (κ2) is 12.4. The lowest BCUT2D eigenvalue weighted by atomic mass is 9.44. The molecule has 4 fully saturated rings. The van der Waals surface area contributed by atoms with Gasteiger partial charge in [-0.1, -0.05) is 53.7 Å². The summed E-state index contributed by atoms with van der Waals surface area (Å²) in [6.07, 6.45) is -0.775. The summed E-state index contributed by atoms with van der Waals surface area (Å²) in [5, 5.41) is 26.4. The molecule has 2 saturated carbocycles. The number of nitrogens with one attached hydrogen (secondary N) is 1. The van der Waals surface area contributed by atoms with Crippen molar-refractivity contribution in [2.24, 2.45) is 39.9 Å². The van der Waals surface area contributed by atoms with Gasteiger partial charge in [0.05, 0.1) is 36.6 Å². The zero-order valence-corrected chi connectivity index (χ0v) is 31.2. The van der Waals surface area contributed by atoms with E-state index in [9.17, 15) is 19.8 Å². The summed E-state index contributed by atoms with van der Waals surface area (Å²) in [5.41, 5.74) is -1.37. The molecule has 10 nitrogen and oxygen atoms in total. The Kier molecular flexibility index (Phi) is 9.60. The van der Waals surface area contributed by atoms with E-state index in [1.165, 1.54) is 0 Å². The van der Waals surface area contributed by atoms with E-state index in [4.69, 9.17) is 23.7 Å². The topological polar surface area (TPSA) is 133 Å². The molecule has 0 spiro atoms. The van der Waals surface area contributed by atoms with Crippen molar-refractivity contribution in [1.29, 1.82) is 0 Å². The predicted octanol–water partition coefficient (Wildman–Crippen LogP) is 5.69. The van der Waals surface area contributed by atoms with Crippen LogP contribution >= 0.6 is 0 Å². The van der Waals surface area contributed by atoms with Crippen LogP contribution in [-0.2, 0) is 28.5 Å². The smallest absolute Gasteiger partial charge is 0.407 e. The Hall–Kier alpha value is -1.98. The third-order valence-corrected chi connectivity index (χ3v) is 12.7. The molecule has 3 N–H and O–H groups in total. The molecule has 2 saturated heterocycles. The maximum atomic E-state index is 13.8. The first-order valence-corrected chi connectivity index (χ1v) is 17.9. The molecular formula is C38H61NO9. The van der Waals surface area contributed by atoms with Gasteiger partial charge in [-0.15, -0.1) is 0 Å². The number of amides is 1. The molecule has 3 aliphatic carbocycles. The Bertz CT molecular complexity index is 1310. The highest BCUT2D eigenvalue weighted by Crippen LogP contribution is 2.73. The third-order valence-electron chi connectivity index (χ3n) is 12.7. The highest BCUT2D eigenvalue weighted by atomic mass is 16.7. The summed E-state index contributed by atoms with van der Waals surface area (Å²) in [5.74, 6) is -0.934. The molecule has 48 heavy (non-hydrogen) atoms. The summed E-state index contributed by atoms with van der Waals surface area (Å²) >= 11 is 0.